The van der Waals surface area contributed by atoms with E-state index < -0.39 is 6.04 Å². The summed E-state index contributed by atoms with van der Waals surface area (Å²) in [5, 5.41) is 2.29. The number of hydrogen-bond donors (Lipinski definition) is 1. The summed E-state index contributed by atoms with van der Waals surface area (Å²) in [4.78, 5) is 36.9. The Morgan fingerprint density at radius 1 is 1.37 bits per heavy atom. The molecular formula is C13H14N2O3W. The van der Waals surface area contributed by atoms with Crippen LogP contribution in [0.25, 0.3) is 0 Å². The summed E-state index contributed by atoms with van der Waals surface area (Å²) in [5.41, 5.74) is 1.59. The van der Waals surface area contributed by atoms with E-state index in [9.17, 15) is 14.4 Å². The van der Waals surface area contributed by atoms with Crippen LogP contribution in [0.15, 0.2) is 23.3 Å². The summed E-state index contributed by atoms with van der Waals surface area (Å²) in [6, 6.07) is -0.532. The molecule has 2 aliphatic rings. The molecule has 100 valence electrons. The number of rotatable bonds is 2. The molecule has 0 radical (unpaired) electrons. The van der Waals surface area contributed by atoms with Crippen LogP contribution in [0.4, 0.5) is 0 Å². The molecular weight excluding hydrogens is 416 g/mol. The van der Waals surface area contributed by atoms with Gasteiger partial charge in [-0.3, -0.25) is 0 Å². The molecule has 2 fully saturated rings. The van der Waals surface area contributed by atoms with Crippen LogP contribution in [0.3, 0.4) is 0 Å². The van der Waals surface area contributed by atoms with Crippen molar-refractivity contribution in [3.63, 3.8) is 0 Å². The van der Waals surface area contributed by atoms with E-state index in [1.165, 1.54) is 19.4 Å². The molecule has 2 heterocycles. The first-order chi connectivity index (χ1) is 9.08. The molecule has 0 saturated carbocycles. The van der Waals surface area contributed by atoms with Crippen molar-refractivity contribution in [3.8, 4) is 0 Å². The maximum absolute atomic E-state index is 12.3. The molecule has 1 unspecified atom stereocenters. The zero-order valence-electron chi connectivity index (χ0n) is 10.5. The van der Waals surface area contributed by atoms with Gasteiger partial charge in [0.2, 0.25) is 0 Å². The summed E-state index contributed by atoms with van der Waals surface area (Å²) < 4.78 is 1.89. The van der Waals surface area contributed by atoms with Crippen LogP contribution < -0.4 is 5.32 Å². The van der Waals surface area contributed by atoms with Crippen LogP contribution in [0, 0.1) is 0 Å². The van der Waals surface area contributed by atoms with Gasteiger partial charge in [0.15, 0.2) is 0 Å². The van der Waals surface area contributed by atoms with Crippen molar-refractivity contribution in [2.24, 2.45) is 0 Å². The predicted molar refractivity (Wildman–Crippen MR) is 65.8 cm³/mol. The van der Waals surface area contributed by atoms with Crippen molar-refractivity contribution in [2.45, 2.75) is 25.8 Å². The van der Waals surface area contributed by atoms with Crippen molar-refractivity contribution in [1.29, 1.82) is 0 Å². The van der Waals surface area contributed by atoms with Gasteiger partial charge in [-0.1, -0.05) is 0 Å². The second kappa shape index (κ2) is 5.74. The van der Waals surface area contributed by atoms with Crippen molar-refractivity contribution < 1.29 is 33.7 Å². The number of nitrogens with one attached hydrogen (secondary N) is 1. The third kappa shape index (κ3) is 2.66. The first kappa shape index (κ1) is 14.1. The van der Waals surface area contributed by atoms with Gasteiger partial charge in [0.1, 0.15) is 0 Å². The zero-order valence-corrected chi connectivity index (χ0v) is 13.4. The fourth-order valence-electron chi connectivity index (χ4n) is 2.36. The van der Waals surface area contributed by atoms with Gasteiger partial charge < -0.3 is 0 Å². The number of imide groups is 1. The molecule has 0 aromatic rings. The predicted octanol–water partition coefficient (Wildman–Crippen LogP) is -0.145. The minimum absolute atomic E-state index is 0.125. The summed E-state index contributed by atoms with van der Waals surface area (Å²) in [5.74, 6) is -0.757. The Morgan fingerprint density at radius 3 is 2.68 bits per heavy atom. The van der Waals surface area contributed by atoms with Gasteiger partial charge in [0.05, 0.1) is 0 Å². The fourth-order valence-corrected chi connectivity index (χ4v) is 2.85. The standard InChI is InChI=1S/C13H14N2O3.W/c1-3-8-7-15(13(18)9(8)4-2)10-5-6-11(16)14-12(10)17;/h2-4,10H,5-7H2,1H3,(H,14,16,17);/b8-3-,9-4+;. The SMILES string of the molecule is C/C=C1/CN(C2CCC(=O)NC2=O)C(=O)/C1=C/[CH]=[W]. The summed E-state index contributed by atoms with van der Waals surface area (Å²) >= 11 is 1.27. The number of carbonyl (C=O) groups excluding carboxylic acids is 3. The molecule has 2 aliphatic heterocycles. The maximum atomic E-state index is 12.3. The van der Waals surface area contributed by atoms with Gasteiger partial charge in [0, 0.05) is 0 Å². The van der Waals surface area contributed by atoms with Crippen LogP contribution in [-0.4, -0.2) is 39.6 Å². The minimum atomic E-state index is -0.532. The molecule has 5 nitrogen and oxygen atoms in total. The number of amides is 3. The third-order valence-corrected chi connectivity index (χ3v) is 3.84. The molecule has 2 saturated heterocycles. The molecule has 0 aromatic heterocycles. The number of hydrogen-bond acceptors (Lipinski definition) is 3. The topological polar surface area (TPSA) is 66.5 Å². The Balaban J connectivity index is 2.25. The van der Waals surface area contributed by atoms with Crippen molar-refractivity contribution in [1.82, 2.24) is 10.2 Å². The number of carbonyl (C=O) groups is 3. The summed E-state index contributed by atoms with van der Waals surface area (Å²) in [7, 11) is 0. The zero-order chi connectivity index (χ0) is 14.0. The van der Waals surface area contributed by atoms with Crippen LogP contribution in [0.2, 0.25) is 0 Å². The molecule has 6 heteroatoms. The van der Waals surface area contributed by atoms with Crippen molar-refractivity contribution >= 4 is 22.1 Å². The number of piperidine rings is 1. The van der Waals surface area contributed by atoms with E-state index in [2.05, 4.69) is 5.32 Å². The van der Waals surface area contributed by atoms with Gasteiger partial charge in [0.25, 0.3) is 0 Å². The van der Waals surface area contributed by atoms with Crippen LogP contribution in [0.1, 0.15) is 19.8 Å². The Hall–Kier alpha value is -1.35. The molecule has 0 aromatic carbocycles. The third-order valence-electron chi connectivity index (χ3n) is 3.35. The quantitative estimate of drug-likeness (QED) is 0.490. The number of allylic oxidation sites excluding steroid dienone is 2. The van der Waals surface area contributed by atoms with Gasteiger partial charge in [-0.05, 0) is 0 Å². The van der Waals surface area contributed by atoms with Crippen LogP contribution in [0.5, 0.6) is 0 Å². The van der Waals surface area contributed by atoms with Gasteiger partial charge in [-0.25, -0.2) is 0 Å². The molecule has 2 rings (SSSR count). The van der Waals surface area contributed by atoms with E-state index in [0.717, 1.165) is 5.57 Å². The van der Waals surface area contributed by atoms with E-state index in [-0.39, 0.29) is 24.1 Å². The molecule has 3 amide bonds. The molecule has 0 bridgehead atoms. The summed E-state index contributed by atoms with van der Waals surface area (Å²) in [6.07, 6.45) is 4.39. The van der Waals surface area contributed by atoms with Gasteiger partial charge >= 0.3 is 122 Å². The number of nitrogens with zero attached hydrogens (tertiary/aromatic N) is 1. The average molecular weight is 430 g/mol. The second-order valence-corrected chi connectivity index (χ2v) is 5.41. The monoisotopic (exact) mass is 430 g/mol. The van der Waals surface area contributed by atoms with E-state index in [1.54, 1.807) is 11.0 Å². The van der Waals surface area contributed by atoms with Crippen molar-refractivity contribution in [2.75, 3.05) is 6.54 Å². The van der Waals surface area contributed by atoms with Gasteiger partial charge in [-0.2, -0.15) is 0 Å². The Bertz CT molecular complexity index is 522. The Morgan fingerprint density at radius 2 is 2.11 bits per heavy atom. The average Bonchev–Trinajstić information content (AvgIpc) is 2.68. The molecule has 19 heavy (non-hydrogen) atoms. The molecule has 1 N–H and O–H groups in total. The van der Waals surface area contributed by atoms with Crippen LogP contribution >= 0.6 is 0 Å². The normalized spacial score (nSPS) is 28.2. The first-order valence-electron chi connectivity index (χ1n) is 6.04. The fraction of sp³-hybridized carbons (Fsp3) is 0.385. The molecule has 0 aliphatic carbocycles. The summed E-state index contributed by atoms with van der Waals surface area (Å²) in [6.45, 7) is 2.32. The van der Waals surface area contributed by atoms with E-state index in [0.29, 0.717) is 18.5 Å². The second-order valence-electron chi connectivity index (χ2n) is 4.43. The number of likely N-dealkylation sites (tertiary alicyclic amines) is 1. The van der Waals surface area contributed by atoms with E-state index in [1.807, 2.05) is 17.4 Å². The van der Waals surface area contributed by atoms with Crippen LogP contribution in [-0.2, 0) is 33.7 Å². The van der Waals surface area contributed by atoms with E-state index in [4.69, 9.17) is 0 Å². The molecule has 0 spiro atoms. The van der Waals surface area contributed by atoms with Crippen molar-refractivity contribution in [3.05, 3.63) is 23.3 Å². The molecule has 1 atom stereocenters. The first-order valence-corrected chi connectivity index (χ1v) is 7.73. The Kier molecular flexibility index (Phi) is 4.25. The van der Waals surface area contributed by atoms with Gasteiger partial charge in [-0.15, -0.1) is 0 Å². The Labute approximate surface area is 122 Å². The van der Waals surface area contributed by atoms with E-state index >= 15 is 0 Å².